The predicted molar refractivity (Wildman–Crippen MR) is 61.0 cm³/mol. The van der Waals surface area contributed by atoms with E-state index in [9.17, 15) is 4.57 Å². The van der Waals surface area contributed by atoms with Crippen LogP contribution in [-0.4, -0.2) is 41.5 Å². The molecular weight excluding hydrogens is 233 g/mol. The Bertz CT molecular complexity index is 261. The van der Waals surface area contributed by atoms with Crippen molar-refractivity contribution in [1.82, 2.24) is 0 Å². The Balaban J connectivity index is 4.42. The van der Waals surface area contributed by atoms with Gasteiger partial charge in [0.25, 0.3) is 0 Å². The first-order chi connectivity index (χ1) is 7.37. The molecule has 6 nitrogen and oxygen atoms in total. The zero-order valence-electron chi connectivity index (χ0n) is 9.04. The van der Waals surface area contributed by atoms with Gasteiger partial charge in [0.15, 0.2) is 5.28 Å². The summed E-state index contributed by atoms with van der Waals surface area (Å²) in [4.78, 5) is 18.2. The Morgan fingerprint density at radius 1 is 1.19 bits per heavy atom. The number of hydrogen-bond acceptors (Lipinski definition) is 4. The molecule has 0 rings (SSSR count). The highest BCUT2D eigenvalue weighted by atomic mass is 31.2. The third-order valence-electron chi connectivity index (χ3n) is 1.76. The molecule has 4 N–H and O–H groups in total. The molecule has 0 saturated heterocycles. The molecule has 0 aliphatic heterocycles. The fourth-order valence-electron chi connectivity index (χ4n) is 0.848. The van der Waals surface area contributed by atoms with Gasteiger partial charge in [-0.2, -0.15) is 0 Å². The molecule has 0 aliphatic carbocycles. The summed E-state index contributed by atoms with van der Waals surface area (Å²) in [5.41, 5.74) is 5.57. The third kappa shape index (κ3) is 5.03. The first-order valence-electron chi connectivity index (χ1n) is 4.59. The minimum atomic E-state index is -4.51. The third-order valence-corrected chi connectivity index (χ3v) is 3.17. The first kappa shape index (κ1) is 15.5. The van der Waals surface area contributed by atoms with Crippen LogP contribution in [0.15, 0.2) is 25.3 Å². The van der Waals surface area contributed by atoms with E-state index in [1.807, 2.05) is 0 Å². The molecule has 0 radical (unpaired) electrons. The molecule has 0 aromatic carbocycles. The summed E-state index contributed by atoms with van der Waals surface area (Å²) < 4.78 is 21.1. The van der Waals surface area contributed by atoms with Crippen LogP contribution in [0.1, 0.15) is 0 Å². The highest BCUT2D eigenvalue weighted by Crippen LogP contribution is 2.47. The van der Waals surface area contributed by atoms with E-state index < -0.39 is 12.9 Å². The molecule has 0 atom stereocenters. The van der Waals surface area contributed by atoms with E-state index in [4.69, 9.17) is 25.0 Å². The Morgan fingerprint density at radius 3 is 1.81 bits per heavy atom. The van der Waals surface area contributed by atoms with Crippen molar-refractivity contribution in [1.29, 1.82) is 0 Å². The molecule has 0 aliphatic rings. The monoisotopic (exact) mass is 251 g/mol. The molecule has 0 heterocycles. The lowest BCUT2D eigenvalue weighted by Crippen LogP contribution is -2.48. The van der Waals surface area contributed by atoms with Crippen molar-refractivity contribution >= 4 is 7.60 Å². The van der Waals surface area contributed by atoms with Gasteiger partial charge >= 0.3 is 7.60 Å². The summed E-state index contributed by atoms with van der Waals surface area (Å²) in [6.07, 6.45) is 2.93. The molecule has 0 spiro atoms. The van der Waals surface area contributed by atoms with Gasteiger partial charge in [0.05, 0.1) is 26.4 Å². The van der Waals surface area contributed by atoms with Gasteiger partial charge in [-0.15, -0.1) is 13.2 Å². The van der Waals surface area contributed by atoms with Crippen LogP contribution in [0.4, 0.5) is 0 Å². The fourth-order valence-corrected chi connectivity index (χ4v) is 1.37. The predicted octanol–water partition coefficient (Wildman–Crippen LogP) is 0.224. The van der Waals surface area contributed by atoms with Crippen LogP contribution in [0.2, 0.25) is 0 Å². The maximum Gasteiger partial charge on any atom is 0.349 e. The Labute approximate surface area is 94.9 Å². The van der Waals surface area contributed by atoms with Crippen molar-refractivity contribution < 1.29 is 23.8 Å². The molecule has 0 saturated carbocycles. The van der Waals surface area contributed by atoms with Crippen molar-refractivity contribution in [3.05, 3.63) is 25.3 Å². The lowest BCUT2D eigenvalue weighted by molar-refractivity contribution is 0.0623. The molecule has 0 aromatic heterocycles. The lowest BCUT2D eigenvalue weighted by Gasteiger charge is -2.29. The topological polar surface area (TPSA) is 102 Å². The number of ether oxygens (including phenoxy) is 2. The quantitative estimate of drug-likeness (QED) is 0.308. The van der Waals surface area contributed by atoms with Gasteiger partial charge in [-0.3, -0.25) is 4.57 Å². The minimum absolute atomic E-state index is 0.167. The van der Waals surface area contributed by atoms with Crippen LogP contribution in [0.5, 0.6) is 0 Å². The van der Waals surface area contributed by atoms with E-state index in [1.165, 1.54) is 12.2 Å². The maximum atomic E-state index is 11.2. The molecule has 0 fully saturated rings. The van der Waals surface area contributed by atoms with Crippen LogP contribution < -0.4 is 5.73 Å². The minimum Gasteiger partial charge on any atom is -0.375 e. The first-order valence-corrected chi connectivity index (χ1v) is 6.20. The van der Waals surface area contributed by atoms with Gasteiger partial charge in [0, 0.05) is 0 Å². The Kier molecular flexibility index (Phi) is 6.74. The molecular formula is C9H18NO5P. The number of rotatable bonds is 9. The standard InChI is InChI=1S/C9H18NO5P/c1-3-5-14-7-9(10,16(11,12)13)8-15-6-4-2/h3-4H,1-2,5-8,10H2,(H2,11,12,13). The second-order valence-electron chi connectivity index (χ2n) is 3.26. The highest BCUT2D eigenvalue weighted by Gasteiger charge is 2.44. The smallest absolute Gasteiger partial charge is 0.349 e. The van der Waals surface area contributed by atoms with Gasteiger partial charge in [0.2, 0.25) is 0 Å². The summed E-state index contributed by atoms with van der Waals surface area (Å²) in [7, 11) is -4.51. The molecule has 0 unspecified atom stereocenters. The van der Waals surface area contributed by atoms with Crippen molar-refractivity contribution in [2.24, 2.45) is 5.73 Å². The average molecular weight is 251 g/mol. The second-order valence-corrected chi connectivity index (χ2v) is 5.23. The lowest BCUT2D eigenvalue weighted by atomic mass is 10.3. The van der Waals surface area contributed by atoms with E-state index in [1.54, 1.807) is 0 Å². The van der Waals surface area contributed by atoms with Crippen LogP contribution >= 0.6 is 7.60 Å². The normalized spacial score (nSPS) is 12.4. The molecule has 0 amide bonds. The van der Waals surface area contributed by atoms with E-state index in [2.05, 4.69) is 13.2 Å². The fraction of sp³-hybridized carbons (Fsp3) is 0.556. The Morgan fingerprint density at radius 2 is 1.56 bits per heavy atom. The zero-order chi connectivity index (χ0) is 12.7. The zero-order valence-corrected chi connectivity index (χ0v) is 9.94. The van der Waals surface area contributed by atoms with Gasteiger partial charge in [0.1, 0.15) is 0 Å². The molecule has 0 aromatic rings. The van der Waals surface area contributed by atoms with Crippen molar-refractivity contribution in [3.63, 3.8) is 0 Å². The number of nitrogens with two attached hydrogens (primary N) is 1. The van der Waals surface area contributed by atoms with E-state index >= 15 is 0 Å². The van der Waals surface area contributed by atoms with Crippen LogP contribution in [0.25, 0.3) is 0 Å². The van der Waals surface area contributed by atoms with Crippen molar-refractivity contribution in [2.75, 3.05) is 26.4 Å². The van der Waals surface area contributed by atoms with Gasteiger partial charge in [-0.1, -0.05) is 12.2 Å². The second kappa shape index (κ2) is 6.96. The molecule has 16 heavy (non-hydrogen) atoms. The van der Waals surface area contributed by atoms with Crippen LogP contribution in [0, 0.1) is 0 Å². The van der Waals surface area contributed by atoms with E-state index in [-0.39, 0.29) is 26.4 Å². The van der Waals surface area contributed by atoms with Gasteiger partial charge < -0.3 is 25.0 Å². The molecule has 0 bridgehead atoms. The SMILES string of the molecule is C=CCOCC(N)(COCC=C)P(=O)(O)O. The maximum absolute atomic E-state index is 11.2. The van der Waals surface area contributed by atoms with Crippen molar-refractivity contribution in [3.8, 4) is 0 Å². The van der Waals surface area contributed by atoms with Crippen LogP contribution in [0.3, 0.4) is 0 Å². The molecule has 94 valence electrons. The summed E-state index contributed by atoms with van der Waals surface area (Å²) in [6, 6.07) is 0. The van der Waals surface area contributed by atoms with Gasteiger partial charge in [-0.25, -0.2) is 0 Å². The summed E-state index contributed by atoms with van der Waals surface area (Å²) >= 11 is 0. The number of hydrogen-bond donors (Lipinski definition) is 3. The largest absolute Gasteiger partial charge is 0.375 e. The average Bonchev–Trinajstić information content (AvgIpc) is 2.17. The summed E-state index contributed by atoms with van der Waals surface area (Å²) in [6.45, 7) is 6.55. The summed E-state index contributed by atoms with van der Waals surface area (Å²) in [5.74, 6) is 0. The van der Waals surface area contributed by atoms with E-state index in [0.717, 1.165) is 0 Å². The Hall–Kier alpha value is -0.490. The highest BCUT2D eigenvalue weighted by molar-refractivity contribution is 7.53. The summed E-state index contributed by atoms with van der Waals surface area (Å²) in [5, 5.41) is -1.83. The van der Waals surface area contributed by atoms with E-state index in [0.29, 0.717) is 0 Å². The van der Waals surface area contributed by atoms with Crippen molar-refractivity contribution in [2.45, 2.75) is 5.28 Å². The molecule has 7 heteroatoms. The van der Waals surface area contributed by atoms with Gasteiger partial charge in [-0.05, 0) is 0 Å². The van der Waals surface area contributed by atoms with Crippen LogP contribution in [-0.2, 0) is 14.0 Å².